The zero-order chi connectivity index (χ0) is 32.4. The number of carbonyl (C=O) groups excluding carboxylic acids is 3. The highest BCUT2D eigenvalue weighted by molar-refractivity contribution is 5.97. The number of carboxylic acids is 1. The van der Waals surface area contributed by atoms with Gasteiger partial charge in [0.05, 0.1) is 25.7 Å². The fourth-order valence-corrected chi connectivity index (χ4v) is 6.23. The van der Waals surface area contributed by atoms with Gasteiger partial charge in [0.1, 0.15) is 23.0 Å². The topological polar surface area (TPSA) is 162 Å². The number of carbonyl (C=O) groups is 4. The van der Waals surface area contributed by atoms with Crippen molar-refractivity contribution in [2.45, 2.75) is 76.2 Å². The SMILES string of the molecule is COc1ccc2c(O[C@H]3CC4C(=O)[C@@H](NC(=O)OC(C)(C)C)CCCOCC=C[C@@H]5C[C@@]5(C(=O)O)NC(=O)[C@@H]4C3)nccc2c1. The third kappa shape index (κ3) is 7.38. The molecule has 1 aromatic carbocycles. The zero-order valence-electron chi connectivity index (χ0n) is 26.0. The van der Waals surface area contributed by atoms with Gasteiger partial charge in [0.2, 0.25) is 11.8 Å². The van der Waals surface area contributed by atoms with E-state index in [9.17, 15) is 24.3 Å². The van der Waals surface area contributed by atoms with E-state index in [1.165, 1.54) is 0 Å². The number of ether oxygens (including phenoxy) is 4. The molecule has 45 heavy (non-hydrogen) atoms. The van der Waals surface area contributed by atoms with Crippen LogP contribution in [0.25, 0.3) is 10.8 Å². The van der Waals surface area contributed by atoms with Crippen molar-refractivity contribution in [1.82, 2.24) is 15.6 Å². The number of alkyl carbamates (subject to hydrolysis) is 1. The molecule has 1 aliphatic heterocycles. The highest BCUT2D eigenvalue weighted by atomic mass is 16.6. The van der Waals surface area contributed by atoms with Gasteiger partial charge in [-0.25, -0.2) is 14.6 Å². The number of Topliss-reactive ketones (excluding diaryl/α,β-unsaturated/α-hetero) is 1. The lowest BCUT2D eigenvalue weighted by molar-refractivity contribution is -0.144. The Hall–Kier alpha value is -4.19. The molecule has 3 aliphatic rings. The maximum absolute atomic E-state index is 14.2. The molecule has 2 aliphatic carbocycles. The predicted octanol–water partition coefficient (Wildman–Crippen LogP) is 3.81. The maximum atomic E-state index is 14.2. The van der Waals surface area contributed by atoms with Gasteiger partial charge in [-0.2, -0.15) is 0 Å². The van der Waals surface area contributed by atoms with Crippen LogP contribution in [0.3, 0.4) is 0 Å². The lowest BCUT2D eigenvalue weighted by Crippen LogP contribution is -2.50. The standard InChI is InChI=1S/C33H41N3O9/c1-32(2,3)45-31(41)35-26-8-6-14-43-13-5-7-20-18-33(20,30(39)40)36-28(38)25-17-22(16-24(25)27(26)37)44-29-23-10-9-21(42-4)15-19(23)11-12-34-29/h5,7,9-12,15,20,22,24-26H,6,8,13-14,16-18H2,1-4H3,(H,35,41)(H,36,38)(H,39,40)/t20-,22+,24?,25-,26+,33-/m1/s1. The van der Waals surface area contributed by atoms with Crippen molar-refractivity contribution in [2.75, 3.05) is 20.3 Å². The van der Waals surface area contributed by atoms with Crippen molar-refractivity contribution < 1.29 is 43.2 Å². The number of pyridine rings is 1. The third-order valence-electron chi connectivity index (χ3n) is 8.58. The van der Waals surface area contributed by atoms with E-state index < -0.39 is 59.0 Å². The van der Waals surface area contributed by atoms with Crippen LogP contribution in [0.15, 0.2) is 42.6 Å². The fourth-order valence-electron chi connectivity index (χ4n) is 6.23. The van der Waals surface area contributed by atoms with Gasteiger partial charge in [-0.1, -0.05) is 12.2 Å². The molecule has 2 amide bonds. The normalized spacial score (nSPS) is 28.9. The average Bonchev–Trinajstić information content (AvgIpc) is 3.51. The number of nitrogens with one attached hydrogen (secondary N) is 2. The van der Waals surface area contributed by atoms with Gasteiger partial charge in [0.15, 0.2) is 5.78 Å². The molecular weight excluding hydrogens is 582 g/mol. The molecule has 0 spiro atoms. The van der Waals surface area contributed by atoms with Gasteiger partial charge in [-0.3, -0.25) is 9.59 Å². The monoisotopic (exact) mass is 623 g/mol. The first kappa shape index (κ1) is 32.2. The van der Waals surface area contributed by atoms with Gasteiger partial charge >= 0.3 is 12.1 Å². The molecule has 5 rings (SSSR count). The number of aromatic nitrogens is 1. The number of carboxylic acid groups (broad SMARTS) is 1. The summed E-state index contributed by atoms with van der Waals surface area (Å²) in [5, 5.41) is 17.1. The first-order valence-electron chi connectivity index (χ1n) is 15.3. The molecule has 1 unspecified atom stereocenters. The second-order valence-electron chi connectivity index (χ2n) is 13.0. The molecule has 2 aromatic rings. The van der Waals surface area contributed by atoms with Crippen molar-refractivity contribution in [1.29, 1.82) is 0 Å². The predicted molar refractivity (Wildman–Crippen MR) is 163 cm³/mol. The number of rotatable bonds is 5. The van der Waals surface area contributed by atoms with Crippen molar-refractivity contribution in [3.63, 3.8) is 0 Å². The largest absolute Gasteiger partial charge is 0.497 e. The van der Waals surface area contributed by atoms with Crippen LogP contribution in [-0.4, -0.2) is 77.5 Å². The van der Waals surface area contributed by atoms with Crippen LogP contribution in [0.5, 0.6) is 11.6 Å². The summed E-state index contributed by atoms with van der Waals surface area (Å²) in [6.45, 7) is 5.77. The molecule has 242 valence electrons. The number of hydrogen-bond donors (Lipinski definition) is 3. The van der Waals surface area contributed by atoms with E-state index in [0.717, 1.165) is 10.8 Å². The summed E-state index contributed by atoms with van der Waals surface area (Å²) in [6.07, 6.45) is 5.12. The minimum atomic E-state index is -1.45. The van der Waals surface area contributed by atoms with E-state index in [2.05, 4.69) is 15.6 Å². The van der Waals surface area contributed by atoms with E-state index in [1.807, 2.05) is 18.2 Å². The van der Waals surface area contributed by atoms with Gasteiger partial charge < -0.3 is 34.7 Å². The molecule has 3 N–H and O–H groups in total. The summed E-state index contributed by atoms with van der Waals surface area (Å²) in [5.41, 5.74) is -2.23. The minimum absolute atomic E-state index is 0.162. The number of nitrogens with zero attached hydrogens (tertiary/aromatic N) is 1. The van der Waals surface area contributed by atoms with Crippen LogP contribution < -0.4 is 20.1 Å². The van der Waals surface area contributed by atoms with Gasteiger partial charge in [-0.15, -0.1) is 0 Å². The molecule has 12 heteroatoms. The van der Waals surface area contributed by atoms with E-state index >= 15 is 0 Å². The Balaban J connectivity index is 1.44. The molecule has 6 atom stereocenters. The Morgan fingerprint density at radius 2 is 1.93 bits per heavy atom. The smallest absolute Gasteiger partial charge is 0.408 e. The van der Waals surface area contributed by atoms with E-state index in [0.29, 0.717) is 24.7 Å². The van der Waals surface area contributed by atoms with Crippen LogP contribution in [0, 0.1) is 17.8 Å². The number of fused-ring (bicyclic) bond motifs is 3. The first-order valence-corrected chi connectivity index (χ1v) is 15.3. The summed E-state index contributed by atoms with van der Waals surface area (Å²) >= 11 is 0. The number of amides is 2. The van der Waals surface area contributed by atoms with Gasteiger partial charge in [0.25, 0.3) is 0 Å². The van der Waals surface area contributed by atoms with E-state index in [-0.39, 0.29) is 38.1 Å². The fraction of sp³-hybridized carbons (Fsp3) is 0.545. The second-order valence-corrected chi connectivity index (χ2v) is 13.0. The molecular formula is C33H41N3O9. The highest BCUT2D eigenvalue weighted by Gasteiger charge is 2.61. The summed E-state index contributed by atoms with van der Waals surface area (Å²) in [7, 11) is 1.58. The van der Waals surface area contributed by atoms with Crippen LogP contribution in [-0.2, 0) is 23.9 Å². The molecule has 0 radical (unpaired) electrons. The summed E-state index contributed by atoms with van der Waals surface area (Å²) in [4.78, 5) is 57.6. The van der Waals surface area contributed by atoms with Crippen LogP contribution in [0.2, 0.25) is 0 Å². The lowest BCUT2D eigenvalue weighted by atomic mass is 9.86. The molecule has 2 saturated carbocycles. The number of ketones is 1. The van der Waals surface area contributed by atoms with Gasteiger partial charge in [-0.05, 0) is 82.5 Å². The van der Waals surface area contributed by atoms with Crippen molar-refractivity contribution in [3.05, 3.63) is 42.6 Å². The Morgan fingerprint density at radius 1 is 1.16 bits per heavy atom. The Bertz CT molecular complexity index is 1490. The number of methoxy groups -OCH3 is 1. The quantitative estimate of drug-likeness (QED) is 0.418. The summed E-state index contributed by atoms with van der Waals surface area (Å²) < 4.78 is 22.8. The van der Waals surface area contributed by atoms with Crippen molar-refractivity contribution in [2.24, 2.45) is 17.8 Å². The molecule has 1 aromatic heterocycles. The minimum Gasteiger partial charge on any atom is -0.497 e. The van der Waals surface area contributed by atoms with E-state index in [1.54, 1.807) is 52.3 Å². The number of aliphatic carboxylic acids is 1. The average molecular weight is 624 g/mol. The van der Waals surface area contributed by atoms with Crippen molar-refractivity contribution in [3.8, 4) is 11.6 Å². The molecule has 12 nitrogen and oxygen atoms in total. The van der Waals surface area contributed by atoms with Crippen LogP contribution in [0.1, 0.15) is 52.9 Å². The second kappa shape index (κ2) is 13.0. The third-order valence-corrected chi connectivity index (χ3v) is 8.58. The van der Waals surface area contributed by atoms with Crippen LogP contribution in [0.4, 0.5) is 4.79 Å². The van der Waals surface area contributed by atoms with E-state index in [4.69, 9.17) is 18.9 Å². The molecule has 0 bridgehead atoms. The maximum Gasteiger partial charge on any atom is 0.408 e. The number of hydrogen-bond acceptors (Lipinski definition) is 9. The Labute approximate surface area is 261 Å². The first-order chi connectivity index (χ1) is 21.4. The zero-order valence-corrected chi connectivity index (χ0v) is 26.0. The van der Waals surface area contributed by atoms with Crippen molar-refractivity contribution >= 4 is 34.5 Å². The highest BCUT2D eigenvalue weighted by Crippen LogP contribution is 2.46. The molecule has 2 heterocycles. The number of benzene rings is 1. The Morgan fingerprint density at radius 3 is 2.67 bits per heavy atom. The Kier molecular flexibility index (Phi) is 9.33. The molecule has 0 saturated heterocycles. The summed E-state index contributed by atoms with van der Waals surface area (Å²) in [5.74, 6) is -3.11. The molecule has 2 fully saturated rings. The van der Waals surface area contributed by atoms with Crippen LogP contribution >= 0.6 is 0 Å². The lowest BCUT2D eigenvalue weighted by Gasteiger charge is -2.27. The summed E-state index contributed by atoms with van der Waals surface area (Å²) in [6, 6.07) is 6.37. The van der Waals surface area contributed by atoms with Gasteiger partial charge in [0, 0.05) is 30.0 Å².